The highest BCUT2D eigenvalue weighted by Crippen LogP contribution is 2.53. The second-order valence-corrected chi connectivity index (χ2v) is 14.4. The van der Waals surface area contributed by atoms with Gasteiger partial charge in [0, 0.05) is 32.1 Å². The number of hydrogen-bond acceptors (Lipinski definition) is 20. The van der Waals surface area contributed by atoms with E-state index in [0.29, 0.717) is 0 Å². The second kappa shape index (κ2) is 17.6. The molecule has 0 aromatic carbocycles. The van der Waals surface area contributed by atoms with Crippen LogP contribution in [-0.2, 0) is 65.3 Å². The predicted octanol–water partition coefficient (Wildman–Crippen LogP) is 0.922. The highest BCUT2D eigenvalue weighted by atomic mass is 31.2. The van der Waals surface area contributed by atoms with Crippen LogP contribution in [-0.4, -0.2) is 117 Å². The minimum absolute atomic E-state index is 0.0752. The topological polar surface area (TPSA) is 279 Å². The monoisotopic (exact) mass is 773 g/mol. The lowest BCUT2D eigenvalue weighted by Gasteiger charge is -2.23. The summed E-state index contributed by atoms with van der Waals surface area (Å²) < 4.78 is 77.2. The van der Waals surface area contributed by atoms with Crippen molar-refractivity contribution in [2.75, 3.05) is 32.2 Å². The number of rotatable bonds is 16. The first kappa shape index (κ1) is 40.7. The molecule has 2 saturated heterocycles. The average molecular weight is 774 g/mol. The fourth-order valence-corrected chi connectivity index (χ4v) is 7.54. The number of hydrogen-bond donors (Lipinski definition) is 3. The molecular formula is C29H37N5O16P2. The number of esters is 3. The number of aromatic nitrogens is 4. The van der Waals surface area contributed by atoms with Gasteiger partial charge in [-0.15, -0.1) is 13.2 Å². The molecule has 52 heavy (non-hydrogen) atoms. The Balaban J connectivity index is 1.53. The molecule has 4 rings (SSSR count). The van der Waals surface area contributed by atoms with Gasteiger partial charge in [-0.2, -0.15) is 0 Å². The number of carbonyl (C=O) groups is 3. The number of imidazole rings is 1. The molecule has 0 spiro atoms. The third-order valence-electron chi connectivity index (χ3n) is 7.02. The van der Waals surface area contributed by atoms with Crippen molar-refractivity contribution in [2.24, 2.45) is 0 Å². The van der Waals surface area contributed by atoms with Crippen LogP contribution in [0.1, 0.15) is 27.0 Å². The average Bonchev–Trinajstić information content (AvgIpc) is 3.74. The Bertz CT molecular complexity index is 1810. The van der Waals surface area contributed by atoms with Crippen molar-refractivity contribution in [3.05, 3.63) is 38.0 Å². The van der Waals surface area contributed by atoms with Crippen LogP contribution in [0.3, 0.4) is 0 Å². The first-order valence-electron chi connectivity index (χ1n) is 15.3. The van der Waals surface area contributed by atoms with Gasteiger partial charge in [-0.3, -0.25) is 37.0 Å². The lowest BCUT2D eigenvalue weighted by atomic mass is 10.1. The zero-order valence-corrected chi connectivity index (χ0v) is 29.8. The number of nitrogens with zero attached hydrogens (tertiary/aromatic N) is 4. The van der Waals surface area contributed by atoms with Crippen LogP contribution in [0, 0.1) is 11.3 Å². The standard InChI is InChI=1S/C29H37N5O16P2/c1-6-8-42-51(40,44-12-19-22(38)23(39)28(49-19)34-15-33-21-26(30)31-14-32-27(21)34)10-11-52(41,43-9-7-2)45-13-20-24(46-16(3)35)25(47-17(4)36)29(50-20)48-18(5)37/h6-7,14-15,19-20,22-25,28-29,38-39H,1-2,8-9,12-13H2,3-5H3,(H2,30,31,32)/t19-,20-,22-,23-,24-,25-,28-,29?,51?,52?/m1/s1. The van der Waals surface area contributed by atoms with Gasteiger partial charge < -0.3 is 39.6 Å². The minimum atomic E-state index is -4.59. The fraction of sp³-hybridized carbons (Fsp3) is 0.517. The molecule has 21 nitrogen and oxygen atoms in total. The third-order valence-corrected chi connectivity index (χ3v) is 9.92. The Morgan fingerprint density at radius 1 is 0.846 bits per heavy atom. The van der Waals surface area contributed by atoms with Gasteiger partial charge in [0.1, 0.15) is 36.3 Å². The second-order valence-electron chi connectivity index (χ2n) is 10.9. The Morgan fingerprint density at radius 3 is 1.96 bits per heavy atom. The van der Waals surface area contributed by atoms with Crippen LogP contribution in [0.25, 0.3) is 11.2 Å². The highest BCUT2D eigenvalue weighted by Gasteiger charge is 2.52. The number of nitrogens with two attached hydrogens (primary N) is 1. The van der Waals surface area contributed by atoms with Gasteiger partial charge in [-0.1, -0.05) is 12.2 Å². The molecule has 2 aromatic rings. The Kier molecular flexibility index (Phi) is 13.8. The third kappa shape index (κ3) is 10.1. The summed E-state index contributed by atoms with van der Waals surface area (Å²) in [6.07, 6.45) is -6.44. The molecular weight excluding hydrogens is 736 g/mol. The van der Waals surface area contributed by atoms with Crippen molar-refractivity contribution in [3.8, 4) is 11.3 Å². The van der Waals surface area contributed by atoms with Crippen LogP contribution in [0.5, 0.6) is 0 Å². The molecule has 2 fully saturated rings. The molecule has 0 saturated carbocycles. The Hall–Kier alpha value is -4.06. The largest absolute Gasteiger partial charge is 0.455 e. The van der Waals surface area contributed by atoms with E-state index in [1.165, 1.54) is 29.4 Å². The van der Waals surface area contributed by atoms with Gasteiger partial charge in [-0.05, 0) is 0 Å². The number of aliphatic hydroxyl groups excluding tert-OH is 2. The SMILES string of the molecule is C=CCOP(=O)(C#CP(=O)(OCC=C)OC[C@H]1OC(OC(C)=O)[C@H](OC(C)=O)[C@@H]1OC(C)=O)OC[C@H]1O[C@@H](n2cnc3c(N)ncnc32)[C@H](O)[C@@H]1O. The summed E-state index contributed by atoms with van der Waals surface area (Å²) in [5.41, 5.74) is 10.5. The summed E-state index contributed by atoms with van der Waals surface area (Å²) in [6.45, 7) is 8.05. The van der Waals surface area contributed by atoms with Gasteiger partial charge in [0.25, 0.3) is 0 Å². The molecule has 0 amide bonds. The van der Waals surface area contributed by atoms with E-state index in [1.54, 1.807) is 0 Å². The Morgan fingerprint density at radius 2 is 1.40 bits per heavy atom. The van der Waals surface area contributed by atoms with E-state index in [4.69, 9.17) is 47.5 Å². The Labute approximate surface area is 296 Å². The summed E-state index contributed by atoms with van der Waals surface area (Å²) >= 11 is 0. The van der Waals surface area contributed by atoms with Gasteiger partial charge in [0.15, 0.2) is 23.8 Å². The van der Waals surface area contributed by atoms with Gasteiger partial charge in [-0.25, -0.2) is 24.1 Å². The van der Waals surface area contributed by atoms with Crippen molar-refractivity contribution in [2.45, 2.75) is 69.9 Å². The van der Waals surface area contributed by atoms with E-state index in [0.717, 1.165) is 20.8 Å². The van der Waals surface area contributed by atoms with E-state index in [1.807, 2.05) is 0 Å². The lowest BCUT2D eigenvalue weighted by molar-refractivity contribution is -0.196. The first-order chi connectivity index (χ1) is 24.6. The molecule has 2 aliphatic rings. The predicted molar refractivity (Wildman–Crippen MR) is 174 cm³/mol. The fourth-order valence-electron chi connectivity index (χ4n) is 4.86. The molecule has 0 bridgehead atoms. The number of fused-ring (bicyclic) bond motifs is 1. The maximum Gasteiger partial charge on any atom is 0.406 e. The normalized spacial score (nSPS) is 27.8. The van der Waals surface area contributed by atoms with Crippen LogP contribution < -0.4 is 5.73 Å². The lowest BCUT2D eigenvalue weighted by Crippen LogP contribution is -2.41. The quantitative estimate of drug-likeness (QED) is 0.0703. The number of nitrogen functional groups attached to an aromatic ring is 1. The number of anilines is 1. The van der Waals surface area contributed by atoms with Gasteiger partial charge in [0.2, 0.25) is 12.4 Å². The maximum atomic E-state index is 13.8. The van der Waals surface area contributed by atoms with Crippen LogP contribution in [0.15, 0.2) is 38.0 Å². The summed E-state index contributed by atoms with van der Waals surface area (Å²) in [5, 5.41) is 21.5. The summed E-state index contributed by atoms with van der Waals surface area (Å²) in [7, 11) is -9.15. The number of aliphatic hydroxyl groups is 2. The molecule has 0 radical (unpaired) electrons. The zero-order chi connectivity index (χ0) is 38.2. The number of ether oxygens (including phenoxy) is 5. The molecule has 10 atom stereocenters. The van der Waals surface area contributed by atoms with Crippen molar-refractivity contribution < 1.29 is 75.5 Å². The van der Waals surface area contributed by atoms with Crippen molar-refractivity contribution in [3.63, 3.8) is 0 Å². The zero-order valence-electron chi connectivity index (χ0n) is 28.0. The van der Waals surface area contributed by atoms with E-state index in [2.05, 4.69) is 39.4 Å². The molecule has 3 unspecified atom stereocenters. The van der Waals surface area contributed by atoms with E-state index in [9.17, 15) is 33.7 Å². The maximum absolute atomic E-state index is 13.8. The minimum Gasteiger partial charge on any atom is -0.455 e. The first-order valence-corrected chi connectivity index (χ1v) is 18.3. The molecule has 2 aliphatic heterocycles. The molecule has 2 aromatic heterocycles. The number of carbonyl (C=O) groups excluding carboxylic acids is 3. The molecule has 0 aliphatic carbocycles. The van der Waals surface area contributed by atoms with E-state index < -0.39 is 95.5 Å². The van der Waals surface area contributed by atoms with E-state index in [-0.39, 0.29) is 30.2 Å². The molecule has 4 heterocycles. The summed E-state index contributed by atoms with van der Waals surface area (Å²) in [4.78, 5) is 47.4. The summed E-state index contributed by atoms with van der Waals surface area (Å²) in [6, 6.07) is 0. The summed E-state index contributed by atoms with van der Waals surface area (Å²) in [5.74, 6) is -2.39. The van der Waals surface area contributed by atoms with Crippen molar-refractivity contribution in [1.82, 2.24) is 19.5 Å². The van der Waals surface area contributed by atoms with E-state index >= 15 is 0 Å². The molecule has 284 valence electrons. The van der Waals surface area contributed by atoms with Crippen molar-refractivity contribution in [1.29, 1.82) is 0 Å². The van der Waals surface area contributed by atoms with Crippen molar-refractivity contribution >= 4 is 50.1 Å². The highest BCUT2D eigenvalue weighted by molar-refractivity contribution is 7.63. The van der Waals surface area contributed by atoms with Crippen LogP contribution >= 0.6 is 15.2 Å². The molecule has 4 N–H and O–H groups in total. The van der Waals surface area contributed by atoms with Gasteiger partial charge >= 0.3 is 33.1 Å². The van der Waals surface area contributed by atoms with Crippen LogP contribution in [0.2, 0.25) is 0 Å². The van der Waals surface area contributed by atoms with Gasteiger partial charge in [0.05, 0.1) is 32.8 Å². The smallest absolute Gasteiger partial charge is 0.406 e. The van der Waals surface area contributed by atoms with Crippen LogP contribution in [0.4, 0.5) is 5.82 Å². The molecule has 23 heteroatoms.